The van der Waals surface area contributed by atoms with Crippen LogP contribution in [0, 0.1) is 5.92 Å². The van der Waals surface area contributed by atoms with E-state index in [4.69, 9.17) is 0 Å². The molecule has 1 heterocycles. The van der Waals surface area contributed by atoms with Gasteiger partial charge in [0, 0.05) is 12.6 Å². The second-order valence-corrected chi connectivity index (χ2v) is 5.70. The van der Waals surface area contributed by atoms with E-state index in [1.54, 1.807) is 0 Å². The minimum Gasteiger partial charge on any atom is -0.393 e. The lowest BCUT2D eigenvalue weighted by Crippen LogP contribution is -2.45. The van der Waals surface area contributed by atoms with Crippen LogP contribution in [-0.2, 0) is 0 Å². The minimum atomic E-state index is -0.0328. The fourth-order valence-electron chi connectivity index (χ4n) is 3.11. The van der Waals surface area contributed by atoms with Crippen LogP contribution in [0.2, 0.25) is 0 Å². The van der Waals surface area contributed by atoms with Crippen molar-refractivity contribution in [3.8, 4) is 0 Å². The van der Waals surface area contributed by atoms with Crippen molar-refractivity contribution in [3.63, 3.8) is 0 Å². The second-order valence-electron chi connectivity index (χ2n) is 5.70. The third-order valence-electron chi connectivity index (χ3n) is 4.07. The van der Waals surface area contributed by atoms with Crippen molar-refractivity contribution >= 4 is 0 Å². The van der Waals surface area contributed by atoms with Crippen LogP contribution in [0.15, 0.2) is 0 Å². The van der Waals surface area contributed by atoms with Gasteiger partial charge in [-0.15, -0.1) is 0 Å². The van der Waals surface area contributed by atoms with E-state index >= 15 is 0 Å². The molecule has 2 rings (SSSR count). The number of nitrogens with zero attached hydrogens (tertiary/aromatic N) is 1. The summed E-state index contributed by atoms with van der Waals surface area (Å²) in [6.07, 6.45) is 7.14. The molecule has 2 fully saturated rings. The molecule has 3 atom stereocenters. The van der Waals surface area contributed by atoms with Crippen LogP contribution in [0.1, 0.15) is 38.5 Å². The summed E-state index contributed by atoms with van der Waals surface area (Å²) in [5, 5.41) is 13.3. The first-order chi connectivity index (χ1) is 7.74. The molecule has 3 heteroatoms. The highest BCUT2D eigenvalue weighted by molar-refractivity contribution is 4.79. The van der Waals surface area contributed by atoms with Crippen LogP contribution in [-0.4, -0.2) is 48.8 Å². The Morgan fingerprint density at radius 2 is 2.12 bits per heavy atom. The highest BCUT2D eigenvalue weighted by atomic mass is 16.3. The zero-order chi connectivity index (χ0) is 11.4. The van der Waals surface area contributed by atoms with E-state index in [1.807, 2.05) is 0 Å². The predicted molar refractivity (Wildman–Crippen MR) is 66.5 cm³/mol. The Morgan fingerprint density at radius 3 is 2.88 bits per heavy atom. The second kappa shape index (κ2) is 5.99. The average molecular weight is 226 g/mol. The highest BCUT2D eigenvalue weighted by Crippen LogP contribution is 2.23. The summed E-state index contributed by atoms with van der Waals surface area (Å²) in [5.41, 5.74) is 0. The Labute approximate surface area is 99.2 Å². The van der Waals surface area contributed by atoms with E-state index in [0.29, 0.717) is 12.0 Å². The standard InChI is InChI=1S/C13H26N2O/c1-15-7-3-5-12(10-15)14-9-11-4-2-6-13(16)8-11/h11-14,16H,2-10H2,1H3. The fraction of sp³-hybridized carbons (Fsp3) is 1.00. The molecule has 2 N–H and O–H groups in total. The first-order valence-corrected chi connectivity index (χ1v) is 6.84. The minimum absolute atomic E-state index is 0.0328. The number of rotatable bonds is 3. The number of likely N-dealkylation sites (N-methyl/N-ethyl adjacent to an activating group) is 1. The van der Waals surface area contributed by atoms with Gasteiger partial charge in [0.05, 0.1) is 6.10 Å². The molecule has 0 radical (unpaired) electrons. The van der Waals surface area contributed by atoms with Gasteiger partial charge in [-0.1, -0.05) is 6.42 Å². The van der Waals surface area contributed by atoms with Crippen molar-refractivity contribution in [3.05, 3.63) is 0 Å². The summed E-state index contributed by atoms with van der Waals surface area (Å²) < 4.78 is 0. The lowest BCUT2D eigenvalue weighted by Gasteiger charge is -2.33. The van der Waals surface area contributed by atoms with Gasteiger partial charge in [-0.3, -0.25) is 0 Å². The number of hydrogen-bond acceptors (Lipinski definition) is 3. The first-order valence-electron chi connectivity index (χ1n) is 6.84. The molecule has 1 saturated carbocycles. The summed E-state index contributed by atoms with van der Waals surface area (Å²) in [6.45, 7) is 3.55. The van der Waals surface area contributed by atoms with Gasteiger partial charge in [0.1, 0.15) is 0 Å². The molecule has 0 aromatic rings. The van der Waals surface area contributed by atoms with Crippen molar-refractivity contribution in [1.82, 2.24) is 10.2 Å². The summed E-state index contributed by atoms with van der Waals surface area (Å²) in [7, 11) is 2.21. The van der Waals surface area contributed by atoms with Crippen LogP contribution in [0.3, 0.4) is 0 Å². The van der Waals surface area contributed by atoms with Gasteiger partial charge < -0.3 is 15.3 Å². The number of likely N-dealkylation sites (tertiary alicyclic amines) is 1. The quantitative estimate of drug-likeness (QED) is 0.759. The number of hydrogen-bond donors (Lipinski definition) is 2. The van der Waals surface area contributed by atoms with Crippen molar-refractivity contribution in [2.75, 3.05) is 26.7 Å². The van der Waals surface area contributed by atoms with Gasteiger partial charge in [-0.2, -0.15) is 0 Å². The SMILES string of the molecule is CN1CCCC(NCC2CCCC(O)C2)C1. The molecular formula is C13H26N2O. The molecule has 0 aromatic heterocycles. The summed E-state index contributed by atoms with van der Waals surface area (Å²) in [4.78, 5) is 2.41. The number of aliphatic hydroxyl groups is 1. The van der Waals surface area contributed by atoms with Crippen LogP contribution in [0.4, 0.5) is 0 Å². The monoisotopic (exact) mass is 226 g/mol. The Balaban J connectivity index is 1.66. The number of aliphatic hydroxyl groups excluding tert-OH is 1. The Bertz CT molecular complexity index is 188. The lowest BCUT2D eigenvalue weighted by atomic mass is 9.87. The van der Waals surface area contributed by atoms with Crippen LogP contribution >= 0.6 is 0 Å². The largest absolute Gasteiger partial charge is 0.393 e. The van der Waals surface area contributed by atoms with Crippen molar-refractivity contribution in [1.29, 1.82) is 0 Å². The molecule has 0 spiro atoms. The molecule has 2 aliphatic rings. The van der Waals surface area contributed by atoms with Crippen LogP contribution in [0.5, 0.6) is 0 Å². The Morgan fingerprint density at radius 1 is 1.25 bits per heavy atom. The zero-order valence-electron chi connectivity index (χ0n) is 10.5. The Kier molecular flexibility index (Phi) is 4.62. The Hall–Kier alpha value is -0.120. The third-order valence-corrected chi connectivity index (χ3v) is 4.07. The maximum Gasteiger partial charge on any atom is 0.0543 e. The summed E-state index contributed by atoms with van der Waals surface area (Å²) in [5.74, 6) is 0.705. The molecular weight excluding hydrogens is 200 g/mol. The molecule has 3 nitrogen and oxygen atoms in total. The van der Waals surface area contributed by atoms with E-state index < -0.39 is 0 Å². The van der Waals surface area contributed by atoms with Gasteiger partial charge in [0.2, 0.25) is 0 Å². The third kappa shape index (κ3) is 3.72. The highest BCUT2D eigenvalue weighted by Gasteiger charge is 2.22. The average Bonchev–Trinajstić information content (AvgIpc) is 2.27. The van der Waals surface area contributed by atoms with Crippen LogP contribution < -0.4 is 5.32 Å². The molecule has 16 heavy (non-hydrogen) atoms. The fourth-order valence-corrected chi connectivity index (χ4v) is 3.11. The smallest absolute Gasteiger partial charge is 0.0543 e. The van der Waals surface area contributed by atoms with Gasteiger partial charge >= 0.3 is 0 Å². The number of nitrogens with one attached hydrogen (secondary N) is 1. The van der Waals surface area contributed by atoms with Gasteiger partial charge in [0.25, 0.3) is 0 Å². The number of piperidine rings is 1. The first kappa shape index (κ1) is 12.3. The lowest BCUT2D eigenvalue weighted by molar-refractivity contribution is 0.0978. The van der Waals surface area contributed by atoms with Crippen molar-refractivity contribution in [2.24, 2.45) is 5.92 Å². The van der Waals surface area contributed by atoms with E-state index in [9.17, 15) is 5.11 Å². The molecule has 1 aliphatic carbocycles. The molecule has 0 amide bonds. The zero-order valence-corrected chi connectivity index (χ0v) is 10.5. The van der Waals surface area contributed by atoms with Gasteiger partial charge in [-0.05, 0) is 58.2 Å². The van der Waals surface area contributed by atoms with E-state index in [2.05, 4.69) is 17.3 Å². The van der Waals surface area contributed by atoms with Crippen LogP contribution in [0.25, 0.3) is 0 Å². The molecule has 0 bridgehead atoms. The molecule has 3 unspecified atom stereocenters. The van der Waals surface area contributed by atoms with Crippen molar-refractivity contribution < 1.29 is 5.11 Å². The van der Waals surface area contributed by atoms with Crippen molar-refractivity contribution in [2.45, 2.75) is 50.7 Å². The summed E-state index contributed by atoms with van der Waals surface area (Å²) >= 11 is 0. The predicted octanol–water partition coefficient (Wildman–Crippen LogP) is 1.22. The molecule has 0 aromatic carbocycles. The maximum absolute atomic E-state index is 9.62. The van der Waals surface area contributed by atoms with Gasteiger partial charge in [-0.25, -0.2) is 0 Å². The summed E-state index contributed by atoms with van der Waals surface area (Å²) in [6, 6.07) is 0.679. The van der Waals surface area contributed by atoms with E-state index in [0.717, 1.165) is 19.4 Å². The van der Waals surface area contributed by atoms with E-state index in [-0.39, 0.29) is 6.10 Å². The molecule has 94 valence electrons. The maximum atomic E-state index is 9.62. The normalized spacial score (nSPS) is 37.5. The van der Waals surface area contributed by atoms with Gasteiger partial charge in [0.15, 0.2) is 0 Å². The molecule has 1 saturated heterocycles. The topological polar surface area (TPSA) is 35.5 Å². The van der Waals surface area contributed by atoms with E-state index in [1.165, 1.54) is 38.8 Å². The molecule has 1 aliphatic heterocycles.